The summed E-state index contributed by atoms with van der Waals surface area (Å²) in [7, 11) is 1.59. The molecular formula is C18H23BrN2O3S. The van der Waals surface area contributed by atoms with E-state index in [9.17, 15) is 4.79 Å². The summed E-state index contributed by atoms with van der Waals surface area (Å²) in [5.41, 5.74) is 0.540. The van der Waals surface area contributed by atoms with Gasteiger partial charge in [0.1, 0.15) is 5.75 Å². The summed E-state index contributed by atoms with van der Waals surface area (Å²) < 4.78 is 11.7. The normalized spacial score (nSPS) is 19.5. The number of carbonyl (C=O) groups is 1. The van der Waals surface area contributed by atoms with E-state index in [1.807, 2.05) is 0 Å². The molecule has 1 amide bonds. The number of ether oxygens (including phenoxy) is 2. The van der Waals surface area contributed by atoms with Gasteiger partial charge in [-0.1, -0.05) is 0 Å². The second-order valence-electron chi connectivity index (χ2n) is 6.59. The van der Waals surface area contributed by atoms with Gasteiger partial charge in [-0.3, -0.25) is 10.1 Å². The molecule has 1 aliphatic carbocycles. The summed E-state index contributed by atoms with van der Waals surface area (Å²) in [6.45, 7) is 2.47. The number of benzene rings is 1. The van der Waals surface area contributed by atoms with Crippen molar-refractivity contribution in [3.8, 4) is 5.75 Å². The molecule has 1 saturated heterocycles. The number of amides is 1. The molecule has 1 aliphatic heterocycles. The third-order valence-electron chi connectivity index (χ3n) is 4.55. The molecule has 0 aromatic heterocycles. The van der Waals surface area contributed by atoms with Gasteiger partial charge in [-0.25, -0.2) is 0 Å². The van der Waals surface area contributed by atoms with Crippen molar-refractivity contribution < 1.29 is 14.3 Å². The van der Waals surface area contributed by atoms with E-state index in [2.05, 4.69) is 26.1 Å². The number of methoxy groups -OCH3 is 1. The summed E-state index contributed by atoms with van der Waals surface area (Å²) in [5, 5.41) is 3.35. The largest absolute Gasteiger partial charge is 0.496 e. The first-order valence-corrected chi connectivity index (χ1v) is 9.82. The number of halogens is 1. The predicted molar refractivity (Wildman–Crippen MR) is 104 cm³/mol. The van der Waals surface area contributed by atoms with E-state index in [1.165, 1.54) is 12.8 Å². The lowest BCUT2D eigenvalue weighted by Gasteiger charge is -2.28. The van der Waals surface area contributed by atoms with Crippen molar-refractivity contribution in [1.82, 2.24) is 10.2 Å². The van der Waals surface area contributed by atoms with E-state index in [4.69, 9.17) is 21.7 Å². The fraction of sp³-hybridized carbons (Fsp3) is 0.556. The molecule has 1 aromatic carbocycles. The van der Waals surface area contributed by atoms with Crippen LogP contribution in [0.1, 0.15) is 36.0 Å². The molecule has 0 spiro atoms. The minimum absolute atomic E-state index is 0.207. The Bertz CT molecular complexity index is 645. The maximum absolute atomic E-state index is 12.5. The summed E-state index contributed by atoms with van der Waals surface area (Å²) in [6.07, 6.45) is 4.85. The van der Waals surface area contributed by atoms with Crippen LogP contribution in [0.15, 0.2) is 22.7 Å². The lowest BCUT2D eigenvalue weighted by Crippen LogP contribution is -2.46. The van der Waals surface area contributed by atoms with Crippen molar-refractivity contribution in [1.29, 1.82) is 0 Å². The topological polar surface area (TPSA) is 50.8 Å². The molecule has 0 radical (unpaired) electrons. The Morgan fingerprint density at radius 3 is 2.80 bits per heavy atom. The summed E-state index contributed by atoms with van der Waals surface area (Å²) in [5.74, 6) is 1.17. The number of rotatable bonds is 6. The maximum Gasteiger partial charge on any atom is 0.257 e. The van der Waals surface area contributed by atoms with Gasteiger partial charge in [0, 0.05) is 25.3 Å². The van der Waals surface area contributed by atoms with Gasteiger partial charge in [0.25, 0.3) is 5.91 Å². The second-order valence-corrected chi connectivity index (χ2v) is 7.83. The van der Waals surface area contributed by atoms with E-state index in [0.29, 0.717) is 22.3 Å². The van der Waals surface area contributed by atoms with Crippen LogP contribution in [-0.4, -0.2) is 48.8 Å². The number of nitrogens with one attached hydrogen (secondary N) is 1. The van der Waals surface area contributed by atoms with E-state index in [0.717, 1.165) is 37.0 Å². The number of hydrogen-bond acceptors (Lipinski definition) is 4. The molecule has 136 valence electrons. The zero-order chi connectivity index (χ0) is 17.8. The van der Waals surface area contributed by atoms with E-state index in [-0.39, 0.29) is 12.0 Å². The lowest BCUT2D eigenvalue weighted by atomic mass is 10.2. The molecule has 1 aromatic rings. The first-order valence-electron chi connectivity index (χ1n) is 8.62. The number of nitrogens with zero attached hydrogens (tertiary/aromatic N) is 1. The Morgan fingerprint density at radius 2 is 2.20 bits per heavy atom. The highest BCUT2D eigenvalue weighted by atomic mass is 79.9. The van der Waals surface area contributed by atoms with Gasteiger partial charge in [0.2, 0.25) is 0 Å². The molecule has 7 heteroatoms. The Hall–Kier alpha value is -1.18. The molecule has 1 atom stereocenters. The van der Waals surface area contributed by atoms with E-state index >= 15 is 0 Å². The SMILES string of the molecule is COc1ccc(C(=O)NC(=S)N(CC2CC2)C[C@H]2CCCO2)cc1Br. The quantitative estimate of drug-likeness (QED) is 0.706. The van der Waals surface area contributed by atoms with Crippen molar-refractivity contribution in [2.45, 2.75) is 31.8 Å². The molecule has 3 rings (SSSR count). The Kier molecular flexibility index (Phi) is 6.30. The van der Waals surface area contributed by atoms with Crippen molar-refractivity contribution in [3.63, 3.8) is 0 Å². The minimum Gasteiger partial charge on any atom is -0.496 e. The molecular weight excluding hydrogens is 404 g/mol. The van der Waals surface area contributed by atoms with Crippen LogP contribution >= 0.6 is 28.1 Å². The molecule has 2 aliphatic rings. The fourth-order valence-electron chi connectivity index (χ4n) is 2.94. The van der Waals surface area contributed by atoms with Crippen LogP contribution < -0.4 is 10.1 Å². The van der Waals surface area contributed by atoms with E-state index < -0.39 is 0 Å². The van der Waals surface area contributed by atoms with Gasteiger partial charge < -0.3 is 14.4 Å². The van der Waals surface area contributed by atoms with Crippen LogP contribution in [0, 0.1) is 5.92 Å². The molecule has 0 bridgehead atoms. The van der Waals surface area contributed by atoms with Crippen LogP contribution in [0.25, 0.3) is 0 Å². The van der Waals surface area contributed by atoms with Crippen LogP contribution in [-0.2, 0) is 4.74 Å². The molecule has 0 unspecified atom stereocenters. The highest BCUT2D eigenvalue weighted by Crippen LogP contribution is 2.30. The number of carbonyl (C=O) groups excluding carboxylic acids is 1. The standard InChI is InChI=1S/C18H23BrN2O3S/c1-23-16-7-6-13(9-15(16)19)17(22)20-18(25)21(10-12-4-5-12)11-14-3-2-8-24-14/h6-7,9,12,14H,2-5,8,10-11H2,1H3,(H,20,22,25)/t14-/m1/s1. The van der Waals surface area contributed by atoms with Crippen molar-refractivity contribution in [2.75, 3.05) is 26.8 Å². The van der Waals surface area contributed by atoms with Crippen molar-refractivity contribution in [2.24, 2.45) is 5.92 Å². The first-order chi connectivity index (χ1) is 12.1. The highest BCUT2D eigenvalue weighted by Gasteiger charge is 2.28. The highest BCUT2D eigenvalue weighted by molar-refractivity contribution is 9.10. The van der Waals surface area contributed by atoms with Crippen LogP contribution in [0.3, 0.4) is 0 Å². The Morgan fingerprint density at radius 1 is 1.40 bits per heavy atom. The minimum atomic E-state index is -0.207. The molecule has 1 saturated carbocycles. The summed E-state index contributed by atoms with van der Waals surface area (Å²) >= 11 is 8.92. The average molecular weight is 427 g/mol. The first kappa shape index (κ1) is 18.6. The van der Waals surface area contributed by atoms with Crippen LogP contribution in [0.2, 0.25) is 0 Å². The predicted octanol–water partition coefficient (Wildman–Crippen LogP) is 3.36. The molecule has 5 nitrogen and oxygen atoms in total. The maximum atomic E-state index is 12.5. The molecule has 1 N–H and O–H groups in total. The van der Waals surface area contributed by atoms with Gasteiger partial charge in [-0.2, -0.15) is 0 Å². The van der Waals surface area contributed by atoms with Crippen molar-refractivity contribution >= 4 is 39.2 Å². The lowest BCUT2D eigenvalue weighted by molar-refractivity contribution is 0.0879. The zero-order valence-corrected chi connectivity index (χ0v) is 16.7. The average Bonchev–Trinajstić information content (AvgIpc) is 3.26. The fourth-order valence-corrected chi connectivity index (χ4v) is 3.72. The zero-order valence-electron chi connectivity index (χ0n) is 14.3. The third-order valence-corrected chi connectivity index (χ3v) is 5.53. The third kappa shape index (κ3) is 5.15. The van der Waals surface area contributed by atoms with Crippen LogP contribution in [0.5, 0.6) is 5.75 Å². The van der Waals surface area contributed by atoms with Gasteiger partial charge >= 0.3 is 0 Å². The van der Waals surface area contributed by atoms with Crippen LogP contribution in [0.4, 0.5) is 0 Å². The summed E-state index contributed by atoms with van der Waals surface area (Å²) in [4.78, 5) is 14.6. The molecule has 25 heavy (non-hydrogen) atoms. The Labute approximate surface area is 162 Å². The van der Waals surface area contributed by atoms with Gasteiger partial charge in [0.15, 0.2) is 5.11 Å². The van der Waals surface area contributed by atoms with Gasteiger partial charge in [0.05, 0.1) is 17.7 Å². The Balaban J connectivity index is 1.62. The molecule has 1 heterocycles. The summed E-state index contributed by atoms with van der Waals surface area (Å²) in [6, 6.07) is 5.23. The molecule has 2 fully saturated rings. The van der Waals surface area contributed by atoms with E-state index in [1.54, 1.807) is 25.3 Å². The monoisotopic (exact) mass is 426 g/mol. The number of thiocarbonyl (C=S) groups is 1. The van der Waals surface area contributed by atoms with Gasteiger partial charge in [-0.15, -0.1) is 0 Å². The smallest absolute Gasteiger partial charge is 0.257 e. The van der Waals surface area contributed by atoms with Gasteiger partial charge in [-0.05, 0) is 77.9 Å². The number of hydrogen-bond donors (Lipinski definition) is 1. The van der Waals surface area contributed by atoms with Crippen molar-refractivity contribution in [3.05, 3.63) is 28.2 Å². The second kappa shape index (κ2) is 8.47.